The number of thiol groups is 1. The lowest BCUT2D eigenvalue weighted by Crippen LogP contribution is -2.24. The van der Waals surface area contributed by atoms with Crippen LogP contribution in [0.1, 0.15) is 41.5 Å². The van der Waals surface area contributed by atoms with Crippen molar-refractivity contribution in [3.8, 4) is 0 Å². The molecule has 0 spiro atoms. The number of carbonyl (C=O) groups excluding carboxylic acids is 1. The molecule has 0 unspecified atom stereocenters. The van der Waals surface area contributed by atoms with E-state index < -0.39 is 17.5 Å². The summed E-state index contributed by atoms with van der Waals surface area (Å²) < 4.78 is 5.15. The molecule has 0 bridgehead atoms. The van der Waals surface area contributed by atoms with Gasteiger partial charge >= 0.3 is 11.9 Å². The summed E-state index contributed by atoms with van der Waals surface area (Å²) in [5.74, 6) is -1.67. The number of ether oxygens (including phenoxy) is 1. The molecule has 0 aliphatic rings. The fourth-order valence-corrected chi connectivity index (χ4v) is 1.47. The minimum Gasteiger partial charge on any atom is -0.478 e. The number of carbonyl (C=O) groups is 2. The van der Waals surface area contributed by atoms with Gasteiger partial charge in [0, 0.05) is 4.90 Å². The second kappa shape index (κ2) is 4.79. The van der Waals surface area contributed by atoms with Gasteiger partial charge in [-0.25, -0.2) is 9.59 Å². The van der Waals surface area contributed by atoms with E-state index >= 15 is 0 Å². The van der Waals surface area contributed by atoms with Crippen LogP contribution >= 0.6 is 12.6 Å². The molecule has 0 aliphatic heterocycles. The molecular formula is C12H14O4S. The summed E-state index contributed by atoms with van der Waals surface area (Å²) in [7, 11) is 0. The van der Waals surface area contributed by atoms with E-state index in [1.54, 1.807) is 20.8 Å². The Morgan fingerprint density at radius 3 is 2.18 bits per heavy atom. The van der Waals surface area contributed by atoms with Gasteiger partial charge in [0.25, 0.3) is 0 Å². The summed E-state index contributed by atoms with van der Waals surface area (Å²) in [6, 6.07) is 4.12. The highest BCUT2D eigenvalue weighted by molar-refractivity contribution is 7.80. The van der Waals surface area contributed by atoms with Gasteiger partial charge in [0.15, 0.2) is 0 Å². The van der Waals surface area contributed by atoms with Gasteiger partial charge in [0.05, 0.1) is 11.1 Å². The molecule has 92 valence electrons. The SMILES string of the molecule is CC(C)(C)OC(=O)c1cc(S)cc(C(=O)O)c1. The molecule has 1 aromatic rings. The highest BCUT2D eigenvalue weighted by Gasteiger charge is 2.19. The van der Waals surface area contributed by atoms with Gasteiger partial charge in [-0.15, -0.1) is 12.6 Å². The maximum atomic E-state index is 11.7. The molecule has 1 N–H and O–H groups in total. The van der Waals surface area contributed by atoms with E-state index in [9.17, 15) is 9.59 Å². The van der Waals surface area contributed by atoms with E-state index in [0.717, 1.165) is 0 Å². The van der Waals surface area contributed by atoms with Crippen LogP contribution in [-0.2, 0) is 4.74 Å². The molecule has 0 saturated heterocycles. The second-order valence-electron chi connectivity index (χ2n) is 4.58. The highest BCUT2D eigenvalue weighted by atomic mass is 32.1. The second-order valence-corrected chi connectivity index (χ2v) is 5.09. The quantitative estimate of drug-likeness (QED) is 0.629. The van der Waals surface area contributed by atoms with Gasteiger partial charge in [-0.3, -0.25) is 0 Å². The van der Waals surface area contributed by atoms with Crippen LogP contribution < -0.4 is 0 Å². The van der Waals surface area contributed by atoms with Crippen LogP contribution in [0.25, 0.3) is 0 Å². The van der Waals surface area contributed by atoms with Gasteiger partial charge in [0.2, 0.25) is 0 Å². The van der Waals surface area contributed by atoms with Crippen LogP contribution in [0.4, 0.5) is 0 Å². The number of hydrogen-bond donors (Lipinski definition) is 2. The Morgan fingerprint density at radius 1 is 1.18 bits per heavy atom. The Bertz CT molecular complexity index is 460. The average molecular weight is 254 g/mol. The summed E-state index contributed by atoms with van der Waals surface area (Å²) in [4.78, 5) is 23.0. The molecular weight excluding hydrogens is 240 g/mol. The molecule has 0 amide bonds. The third-order valence-corrected chi connectivity index (χ3v) is 2.06. The molecule has 1 rings (SSSR count). The predicted octanol–water partition coefficient (Wildman–Crippen LogP) is 2.63. The number of benzene rings is 1. The van der Waals surface area contributed by atoms with E-state index in [4.69, 9.17) is 9.84 Å². The number of aromatic carboxylic acids is 1. The first-order chi connectivity index (χ1) is 7.69. The Balaban J connectivity index is 3.06. The zero-order valence-electron chi connectivity index (χ0n) is 9.85. The Hall–Kier alpha value is -1.49. The standard InChI is InChI=1S/C12H14O4S/c1-12(2,3)16-11(15)8-4-7(10(13)14)5-9(17)6-8/h4-6,17H,1-3H3,(H,13,14). The first-order valence-corrected chi connectivity index (χ1v) is 5.44. The van der Waals surface area contributed by atoms with Crippen LogP contribution in [0.2, 0.25) is 0 Å². The summed E-state index contributed by atoms with van der Waals surface area (Å²) in [6.07, 6.45) is 0. The van der Waals surface area contributed by atoms with E-state index in [1.165, 1.54) is 18.2 Å². The number of hydrogen-bond acceptors (Lipinski definition) is 4. The van der Waals surface area contributed by atoms with Crippen molar-refractivity contribution < 1.29 is 19.4 Å². The van der Waals surface area contributed by atoms with Crippen molar-refractivity contribution in [2.75, 3.05) is 0 Å². The summed E-state index contributed by atoms with van der Waals surface area (Å²) in [5, 5.41) is 8.86. The molecule has 0 aliphatic carbocycles. The van der Waals surface area contributed by atoms with Gasteiger partial charge < -0.3 is 9.84 Å². The molecule has 0 heterocycles. The van der Waals surface area contributed by atoms with Gasteiger partial charge in [-0.1, -0.05) is 0 Å². The molecule has 0 atom stereocenters. The van der Waals surface area contributed by atoms with Crippen LogP contribution in [0.5, 0.6) is 0 Å². The lowest BCUT2D eigenvalue weighted by atomic mass is 10.1. The number of carboxylic acid groups (broad SMARTS) is 1. The molecule has 1 aromatic carbocycles. The van der Waals surface area contributed by atoms with Crippen molar-refractivity contribution in [1.29, 1.82) is 0 Å². The summed E-state index contributed by atoms with van der Waals surface area (Å²) >= 11 is 4.05. The Kier molecular flexibility index (Phi) is 3.83. The van der Waals surface area contributed by atoms with Crippen molar-refractivity contribution in [3.05, 3.63) is 29.3 Å². The van der Waals surface area contributed by atoms with Crippen molar-refractivity contribution in [2.24, 2.45) is 0 Å². The van der Waals surface area contributed by atoms with Crippen LogP contribution in [0.3, 0.4) is 0 Å². The number of carboxylic acids is 1. The highest BCUT2D eigenvalue weighted by Crippen LogP contribution is 2.17. The summed E-state index contributed by atoms with van der Waals surface area (Å²) in [5.41, 5.74) is -0.421. The van der Waals surface area contributed by atoms with E-state index in [2.05, 4.69) is 12.6 Å². The lowest BCUT2D eigenvalue weighted by molar-refractivity contribution is 0.00692. The van der Waals surface area contributed by atoms with Gasteiger partial charge in [-0.2, -0.15) is 0 Å². The summed E-state index contributed by atoms with van der Waals surface area (Å²) in [6.45, 7) is 5.23. The molecule has 0 fully saturated rings. The van der Waals surface area contributed by atoms with E-state index in [-0.39, 0.29) is 11.1 Å². The smallest absolute Gasteiger partial charge is 0.338 e. The molecule has 0 aromatic heterocycles. The zero-order valence-corrected chi connectivity index (χ0v) is 10.7. The van der Waals surface area contributed by atoms with Gasteiger partial charge in [0.1, 0.15) is 5.60 Å². The molecule has 0 radical (unpaired) electrons. The fraction of sp³-hybridized carbons (Fsp3) is 0.333. The third kappa shape index (κ3) is 4.11. The minimum atomic E-state index is -1.11. The molecule has 0 saturated carbocycles. The minimum absolute atomic E-state index is 0.0124. The largest absolute Gasteiger partial charge is 0.478 e. The first-order valence-electron chi connectivity index (χ1n) is 5.00. The van der Waals surface area contributed by atoms with Crippen molar-refractivity contribution in [1.82, 2.24) is 0 Å². The van der Waals surface area contributed by atoms with Crippen molar-refractivity contribution >= 4 is 24.6 Å². The van der Waals surface area contributed by atoms with Crippen LogP contribution in [-0.4, -0.2) is 22.6 Å². The van der Waals surface area contributed by atoms with Crippen molar-refractivity contribution in [2.45, 2.75) is 31.3 Å². The maximum Gasteiger partial charge on any atom is 0.338 e. The fourth-order valence-electron chi connectivity index (χ4n) is 1.19. The maximum absolute atomic E-state index is 11.7. The molecule has 5 heteroatoms. The normalized spacial score (nSPS) is 11.1. The molecule has 4 nitrogen and oxygen atoms in total. The monoisotopic (exact) mass is 254 g/mol. The van der Waals surface area contributed by atoms with Gasteiger partial charge in [-0.05, 0) is 39.0 Å². The van der Waals surface area contributed by atoms with Crippen LogP contribution in [0, 0.1) is 0 Å². The predicted molar refractivity (Wildman–Crippen MR) is 65.8 cm³/mol. The molecule has 17 heavy (non-hydrogen) atoms. The van der Waals surface area contributed by atoms with Crippen LogP contribution in [0.15, 0.2) is 23.1 Å². The van der Waals surface area contributed by atoms with Crippen molar-refractivity contribution in [3.63, 3.8) is 0 Å². The Labute approximate surface area is 105 Å². The average Bonchev–Trinajstić information content (AvgIpc) is 2.13. The first kappa shape index (κ1) is 13.6. The number of esters is 1. The van der Waals surface area contributed by atoms with E-state index in [0.29, 0.717) is 4.90 Å². The van der Waals surface area contributed by atoms with E-state index in [1.807, 2.05) is 0 Å². The third-order valence-electron chi connectivity index (χ3n) is 1.80. The Morgan fingerprint density at radius 2 is 1.71 bits per heavy atom. The lowest BCUT2D eigenvalue weighted by Gasteiger charge is -2.19. The number of rotatable bonds is 2. The topological polar surface area (TPSA) is 63.6 Å². The zero-order chi connectivity index (χ0) is 13.2.